The average Bonchev–Trinajstić information content (AvgIpc) is 2.73. The Morgan fingerprint density at radius 1 is 1.04 bits per heavy atom. The number of benzene rings is 2. The van der Waals surface area contributed by atoms with E-state index in [0.717, 1.165) is 17.5 Å². The lowest BCUT2D eigenvalue weighted by molar-refractivity contribution is -0.118. The SMILES string of the molecule is CCC(CNC(=O)/C=C/c1ccc(OC)c(OC)c1)(OC)c1ccccc1. The van der Waals surface area contributed by atoms with Crippen molar-refractivity contribution in [1.29, 1.82) is 0 Å². The third-order valence-electron chi connectivity index (χ3n) is 4.64. The lowest BCUT2D eigenvalue weighted by Gasteiger charge is -2.32. The number of hydrogen-bond donors (Lipinski definition) is 1. The number of carbonyl (C=O) groups excluding carboxylic acids is 1. The van der Waals surface area contributed by atoms with Crippen molar-refractivity contribution < 1.29 is 19.0 Å². The van der Waals surface area contributed by atoms with E-state index in [9.17, 15) is 4.79 Å². The second-order valence-corrected chi connectivity index (χ2v) is 6.08. The zero-order valence-electron chi connectivity index (χ0n) is 16.3. The molecule has 1 amide bonds. The van der Waals surface area contributed by atoms with Crippen LogP contribution in [0.3, 0.4) is 0 Å². The predicted octanol–water partition coefficient (Wildman–Crippen LogP) is 3.79. The lowest BCUT2D eigenvalue weighted by Crippen LogP contribution is -2.41. The van der Waals surface area contributed by atoms with Gasteiger partial charge in [0.1, 0.15) is 5.60 Å². The summed E-state index contributed by atoms with van der Waals surface area (Å²) in [6.07, 6.45) is 3.98. The molecule has 1 unspecified atom stereocenters. The molecule has 1 N–H and O–H groups in total. The standard InChI is InChI=1S/C22H27NO4/c1-5-22(27-4,18-9-7-6-8-10-18)16-23-21(24)14-12-17-11-13-19(25-2)20(15-17)26-3/h6-15H,5,16H2,1-4H3,(H,23,24)/b14-12+. The summed E-state index contributed by atoms with van der Waals surface area (Å²) in [5, 5.41) is 2.94. The van der Waals surface area contributed by atoms with Crippen LogP contribution in [-0.2, 0) is 15.1 Å². The van der Waals surface area contributed by atoms with Gasteiger partial charge in [-0.2, -0.15) is 0 Å². The van der Waals surface area contributed by atoms with Gasteiger partial charge in [0.25, 0.3) is 0 Å². The Bertz CT molecular complexity index is 767. The molecule has 1 atom stereocenters. The first-order valence-corrected chi connectivity index (χ1v) is 8.87. The van der Waals surface area contributed by atoms with Crippen LogP contribution < -0.4 is 14.8 Å². The fraction of sp³-hybridized carbons (Fsp3) is 0.318. The van der Waals surface area contributed by atoms with Crippen molar-refractivity contribution in [3.8, 4) is 11.5 Å². The summed E-state index contributed by atoms with van der Waals surface area (Å²) in [5.74, 6) is 1.08. The van der Waals surface area contributed by atoms with Crippen molar-refractivity contribution in [2.45, 2.75) is 18.9 Å². The van der Waals surface area contributed by atoms with E-state index in [1.807, 2.05) is 49.4 Å². The van der Waals surface area contributed by atoms with Crippen LogP contribution in [0, 0.1) is 0 Å². The zero-order valence-corrected chi connectivity index (χ0v) is 16.3. The smallest absolute Gasteiger partial charge is 0.244 e. The predicted molar refractivity (Wildman–Crippen MR) is 107 cm³/mol. The van der Waals surface area contributed by atoms with E-state index in [-0.39, 0.29) is 5.91 Å². The largest absolute Gasteiger partial charge is 0.493 e. The normalized spacial score (nSPS) is 13.2. The van der Waals surface area contributed by atoms with Crippen molar-refractivity contribution in [2.24, 2.45) is 0 Å². The Labute approximate surface area is 161 Å². The minimum atomic E-state index is -0.548. The second kappa shape index (κ2) is 9.78. The number of amides is 1. The average molecular weight is 369 g/mol. The molecule has 0 spiro atoms. The molecule has 27 heavy (non-hydrogen) atoms. The third-order valence-corrected chi connectivity index (χ3v) is 4.64. The molecule has 0 aliphatic carbocycles. The highest BCUT2D eigenvalue weighted by atomic mass is 16.5. The molecule has 0 radical (unpaired) electrons. The molecule has 0 fully saturated rings. The van der Waals surface area contributed by atoms with Crippen LogP contribution in [0.2, 0.25) is 0 Å². The van der Waals surface area contributed by atoms with E-state index in [4.69, 9.17) is 14.2 Å². The van der Waals surface area contributed by atoms with Crippen LogP contribution in [0.25, 0.3) is 6.08 Å². The summed E-state index contributed by atoms with van der Waals surface area (Å²) in [4.78, 5) is 12.3. The molecule has 0 bridgehead atoms. The molecular weight excluding hydrogens is 342 g/mol. The second-order valence-electron chi connectivity index (χ2n) is 6.08. The highest BCUT2D eigenvalue weighted by molar-refractivity contribution is 5.91. The summed E-state index contributed by atoms with van der Waals surface area (Å²) < 4.78 is 16.3. The van der Waals surface area contributed by atoms with Crippen LogP contribution in [0.15, 0.2) is 54.6 Å². The maximum Gasteiger partial charge on any atom is 0.244 e. The summed E-state index contributed by atoms with van der Waals surface area (Å²) in [5.41, 5.74) is 1.34. The van der Waals surface area contributed by atoms with Gasteiger partial charge in [0, 0.05) is 13.2 Å². The van der Waals surface area contributed by atoms with Gasteiger partial charge in [0.2, 0.25) is 5.91 Å². The van der Waals surface area contributed by atoms with Gasteiger partial charge in [0.15, 0.2) is 11.5 Å². The van der Waals surface area contributed by atoms with Crippen LogP contribution in [0.1, 0.15) is 24.5 Å². The summed E-state index contributed by atoms with van der Waals surface area (Å²) in [6, 6.07) is 15.4. The number of ether oxygens (including phenoxy) is 3. The Morgan fingerprint density at radius 2 is 1.74 bits per heavy atom. The van der Waals surface area contributed by atoms with Crippen molar-refractivity contribution in [2.75, 3.05) is 27.9 Å². The van der Waals surface area contributed by atoms with Gasteiger partial charge in [-0.25, -0.2) is 0 Å². The van der Waals surface area contributed by atoms with Crippen molar-refractivity contribution in [3.05, 3.63) is 65.7 Å². The quantitative estimate of drug-likeness (QED) is 0.684. The van der Waals surface area contributed by atoms with Crippen LogP contribution >= 0.6 is 0 Å². The maximum atomic E-state index is 12.3. The Kier molecular flexibility index (Phi) is 7.44. The summed E-state index contributed by atoms with van der Waals surface area (Å²) >= 11 is 0. The molecule has 0 aliphatic heterocycles. The highest BCUT2D eigenvalue weighted by Crippen LogP contribution is 2.29. The fourth-order valence-corrected chi connectivity index (χ4v) is 2.92. The minimum absolute atomic E-state index is 0.185. The molecule has 2 aromatic rings. The van der Waals surface area contributed by atoms with E-state index in [1.54, 1.807) is 33.5 Å². The van der Waals surface area contributed by atoms with Gasteiger partial charge < -0.3 is 19.5 Å². The number of hydrogen-bond acceptors (Lipinski definition) is 4. The van der Waals surface area contributed by atoms with Crippen molar-refractivity contribution in [1.82, 2.24) is 5.32 Å². The van der Waals surface area contributed by atoms with Gasteiger partial charge in [-0.3, -0.25) is 4.79 Å². The molecule has 0 saturated heterocycles. The van der Waals surface area contributed by atoms with Gasteiger partial charge in [-0.15, -0.1) is 0 Å². The van der Waals surface area contributed by atoms with Crippen molar-refractivity contribution in [3.63, 3.8) is 0 Å². The summed E-state index contributed by atoms with van der Waals surface area (Å²) in [7, 11) is 4.84. The van der Waals surface area contributed by atoms with Gasteiger partial charge in [-0.05, 0) is 35.8 Å². The first-order valence-electron chi connectivity index (χ1n) is 8.87. The molecule has 0 aliphatic rings. The van der Waals surface area contributed by atoms with Gasteiger partial charge in [0.05, 0.1) is 20.8 Å². The number of nitrogens with one attached hydrogen (secondary N) is 1. The lowest BCUT2D eigenvalue weighted by atomic mass is 9.90. The Balaban J connectivity index is 2.05. The molecule has 144 valence electrons. The topological polar surface area (TPSA) is 56.8 Å². The number of carbonyl (C=O) groups is 1. The molecule has 0 saturated carbocycles. The fourth-order valence-electron chi connectivity index (χ4n) is 2.92. The first-order chi connectivity index (χ1) is 13.1. The van der Waals surface area contributed by atoms with Gasteiger partial charge in [-0.1, -0.05) is 43.3 Å². The van der Waals surface area contributed by atoms with E-state index in [0.29, 0.717) is 18.0 Å². The Morgan fingerprint density at radius 3 is 2.33 bits per heavy atom. The van der Waals surface area contributed by atoms with Crippen molar-refractivity contribution >= 4 is 12.0 Å². The molecule has 5 heteroatoms. The van der Waals surface area contributed by atoms with E-state index in [2.05, 4.69) is 5.32 Å². The van der Waals surface area contributed by atoms with Gasteiger partial charge >= 0.3 is 0 Å². The van der Waals surface area contributed by atoms with E-state index < -0.39 is 5.60 Å². The van der Waals surface area contributed by atoms with Crippen LogP contribution in [0.5, 0.6) is 11.5 Å². The third kappa shape index (κ3) is 5.11. The minimum Gasteiger partial charge on any atom is -0.493 e. The highest BCUT2D eigenvalue weighted by Gasteiger charge is 2.30. The zero-order chi connectivity index (χ0) is 19.7. The molecule has 2 rings (SSSR count). The molecule has 0 heterocycles. The first kappa shape index (κ1) is 20.5. The molecule has 2 aromatic carbocycles. The van der Waals surface area contributed by atoms with Crippen LogP contribution in [0.4, 0.5) is 0 Å². The molecule has 0 aromatic heterocycles. The van der Waals surface area contributed by atoms with E-state index in [1.165, 1.54) is 6.08 Å². The van der Waals surface area contributed by atoms with Crippen LogP contribution in [-0.4, -0.2) is 33.8 Å². The Hall–Kier alpha value is -2.79. The van der Waals surface area contributed by atoms with E-state index >= 15 is 0 Å². The monoisotopic (exact) mass is 369 g/mol. The summed E-state index contributed by atoms with van der Waals surface area (Å²) in [6.45, 7) is 2.43. The number of rotatable bonds is 9. The molecular formula is C22H27NO4. The number of methoxy groups -OCH3 is 3. The maximum absolute atomic E-state index is 12.3. The molecule has 5 nitrogen and oxygen atoms in total.